The summed E-state index contributed by atoms with van der Waals surface area (Å²) in [5.74, 6) is -0.0835. The summed E-state index contributed by atoms with van der Waals surface area (Å²) in [4.78, 5) is 11.3. The highest BCUT2D eigenvalue weighted by molar-refractivity contribution is 5.80. The number of rotatable bonds is 4. The molecule has 0 bridgehead atoms. The first kappa shape index (κ1) is 11.4. The lowest BCUT2D eigenvalue weighted by atomic mass is 10.2. The Kier molecular flexibility index (Phi) is 4.86. The third-order valence-corrected chi connectivity index (χ3v) is 2.24. The predicted octanol–water partition coefficient (Wildman–Crippen LogP) is -0.874. The van der Waals surface area contributed by atoms with E-state index in [9.17, 15) is 4.79 Å². The third kappa shape index (κ3) is 3.61. The van der Waals surface area contributed by atoms with Crippen LogP contribution in [0.3, 0.4) is 0 Å². The van der Waals surface area contributed by atoms with Gasteiger partial charge in [-0.25, -0.2) is 0 Å². The van der Waals surface area contributed by atoms with Crippen LogP contribution in [0.1, 0.15) is 6.92 Å². The number of nitrogens with one attached hydrogen (secondary N) is 2. The molecule has 1 amide bonds. The molecule has 0 spiro atoms. The lowest BCUT2D eigenvalue weighted by molar-refractivity contribution is -0.130. The SMILES string of the molecule is COC(C)C(=O)NCC1COCCN1. The second kappa shape index (κ2) is 5.95. The van der Waals surface area contributed by atoms with Crippen LogP contribution in [0.5, 0.6) is 0 Å². The second-order valence-electron chi connectivity index (χ2n) is 3.35. The van der Waals surface area contributed by atoms with Crippen LogP contribution in [0.2, 0.25) is 0 Å². The van der Waals surface area contributed by atoms with Crippen LogP contribution in [0.4, 0.5) is 0 Å². The molecule has 82 valence electrons. The molecule has 0 saturated carbocycles. The van der Waals surface area contributed by atoms with Crippen molar-refractivity contribution in [1.29, 1.82) is 0 Å². The zero-order valence-electron chi connectivity index (χ0n) is 8.71. The quantitative estimate of drug-likeness (QED) is 0.622. The van der Waals surface area contributed by atoms with Crippen molar-refractivity contribution in [2.75, 3.05) is 33.4 Å². The summed E-state index contributed by atoms with van der Waals surface area (Å²) in [5.41, 5.74) is 0. The summed E-state index contributed by atoms with van der Waals surface area (Å²) in [6.45, 7) is 4.56. The fraction of sp³-hybridized carbons (Fsp3) is 0.889. The van der Waals surface area contributed by atoms with E-state index in [-0.39, 0.29) is 18.1 Å². The van der Waals surface area contributed by atoms with Crippen LogP contribution in [-0.4, -0.2) is 51.5 Å². The van der Waals surface area contributed by atoms with E-state index < -0.39 is 0 Å². The Hall–Kier alpha value is -0.650. The van der Waals surface area contributed by atoms with Gasteiger partial charge < -0.3 is 20.1 Å². The molecule has 0 aromatic carbocycles. The van der Waals surface area contributed by atoms with Crippen LogP contribution < -0.4 is 10.6 Å². The summed E-state index contributed by atoms with van der Waals surface area (Å²) < 4.78 is 10.1. The minimum absolute atomic E-state index is 0.0835. The zero-order valence-corrected chi connectivity index (χ0v) is 8.71. The average molecular weight is 202 g/mol. The molecule has 0 aliphatic carbocycles. The van der Waals surface area contributed by atoms with Gasteiger partial charge in [-0.3, -0.25) is 4.79 Å². The van der Waals surface area contributed by atoms with E-state index in [2.05, 4.69) is 10.6 Å². The Morgan fingerprint density at radius 3 is 3.14 bits per heavy atom. The summed E-state index contributed by atoms with van der Waals surface area (Å²) in [6, 6.07) is 0.219. The maximum atomic E-state index is 11.3. The Balaban J connectivity index is 2.15. The molecule has 2 unspecified atom stereocenters. The first-order chi connectivity index (χ1) is 6.74. The van der Waals surface area contributed by atoms with E-state index in [1.54, 1.807) is 6.92 Å². The molecule has 5 heteroatoms. The Bertz CT molecular complexity index is 181. The molecule has 14 heavy (non-hydrogen) atoms. The smallest absolute Gasteiger partial charge is 0.248 e. The summed E-state index contributed by atoms with van der Waals surface area (Å²) in [5, 5.41) is 6.05. The number of ether oxygens (including phenoxy) is 2. The summed E-state index contributed by atoms with van der Waals surface area (Å²) >= 11 is 0. The number of methoxy groups -OCH3 is 1. The van der Waals surface area contributed by atoms with Crippen molar-refractivity contribution in [2.24, 2.45) is 0 Å². The fourth-order valence-electron chi connectivity index (χ4n) is 1.23. The first-order valence-corrected chi connectivity index (χ1v) is 4.85. The first-order valence-electron chi connectivity index (χ1n) is 4.85. The Labute approximate surface area is 84.1 Å². The van der Waals surface area contributed by atoms with E-state index >= 15 is 0 Å². The molecule has 0 radical (unpaired) electrons. The molecule has 1 fully saturated rings. The molecular weight excluding hydrogens is 184 g/mol. The van der Waals surface area contributed by atoms with Crippen molar-refractivity contribution in [3.8, 4) is 0 Å². The molecule has 1 heterocycles. The normalized spacial score (nSPS) is 24.3. The van der Waals surface area contributed by atoms with Crippen molar-refractivity contribution in [3.05, 3.63) is 0 Å². The zero-order chi connectivity index (χ0) is 10.4. The largest absolute Gasteiger partial charge is 0.378 e. The number of hydrogen-bond donors (Lipinski definition) is 2. The van der Waals surface area contributed by atoms with E-state index in [1.165, 1.54) is 7.11 Å². The maximum absolute atomic E-state index is 11.3. The molecule has 2 atom stereocenters. The summed E-state index contributed by atoms with van der Waals surface area (Å²) in [6.07, 6.45) is -0.389. The molecule has 1 aliphatic heterocycles. The van der Waals surface area contributed by atoms with Crippen LogP contribution >= 0.6 is 0 Å². The van der Waals surface area contributed by atoms with Crippen LogP contribution in [-0.2, 0) is 14.3 Å². The minimum atomic E-state index is -0.389. The summed E-state index contributed by atoms with van der Waals surface area (Å²) in [7, 11) is 1.52. The minimum Gasteiger partial charge on any atom is -0.378 e. The van der Waals surface area contributed by atoms with E-state index in [4.69, 9.17) is 9.47 Å². The number of morpholine rings is 1. The molecule has 0 aromatic rings. The molecule has 1 rings (SSSR count). The topological polar surface area (TPSA) is 59.6 Å². The van der Waals surface area contributed by atoms with Crippen molar-refractivity contribution in [1.82, 2.24) is 10.6 Å². The van der Waals surface area contributed by atoms with Gasteiger partial charge in [-0.15, -0.1) is 0 Å². The second-order valence-corrected chi connectivity index (χ2v) is 3.35. The fourth-order valence-corrected chi connectivity index (χ4v) is 1.23. The number of carbonyl (C=O) groups excluding carboxylic acids is 1. The Morgan fingerprint density at radius 2 is 2.57 bits per heavy atom. The van der Waals surface area contributed by atoms with Gasteiger partial charge in [0.05, 0.1) is 13.2 Å². The van der Waals surface area contributed by atoms with Crippen LogP contribution in [0, 0.1) is 0 Å². The van der Waals surface area contributed by atoms with E-state index in [1.807, 2.05) is 0 Å². The predicted molar refractivity (Wildman–Crippen MR) is 52.1 cm³/mol. The molecule has 0 aromatic heterocycles. The Morgan fingerprint density at radius 1 is 1.79 bits per heavy atom. The lowest BCUT2D eigenvalue weighted by Crippen LogP contribution is -2.49. The van der Waals surface area contributed by atoms with Gasteiger partial charge >= 0.3 is 0 Å². The highest BCUT2D eigenvalue weighted by atomic mass is 16.5. The van der Waals surface area contributed by atoms with Gasteiger partial charge in [-0.2, -0.15) is 0 Å². The number of amides is 1. The van der Waals surface area contributed by atoms with Gasteiger partial charge in [0.1, 0.15) is 6.10 Å². The van der Waals surface area contributed by atoms with E-state index in [0.717, 1.165) is 13.2 Å². The van der Waals surface area contributed by atoms with Crippen LogP contribution in [0.15, 0.2) is 0 Å². The average Bonchev–Trinajstić information content (AvgIpc) is 2.26. The standard InChI is InChI=1S/C9H18N2O3/c1-7(13-2)9(12)11-5-8-6-14-4-3-10-8/h7-8,10H,3-6H2,1-2H3,(H,11,12). The molecular formula is C9H18N2O3. The third-order valence-electron chi connectivity index (χ3n) is 2.24. The van der Waals surface area contributed by atoms with Crippen molar-refractivity contribution in [2.45, 2.75) is 19.1 Å². The highest BCUT2D eigenvalue weighted by Crippen LogP contribution is 1.92. The van der Waals surface area contributed by atoms with Crippen molar-refractivity contribution in [3.63, 3.8) is 0 Å². The maximum Gasteiger partial charge on any atom is 0.248 e. The molecule has 5 nitrogen and oxygen atoms in total. The highest BCUT2D eigenvalue weighted by Gasteiger charge is 2.16. The van der Waals surface area contributed by atoms with Crippen LogP contribution in [0.25, 0.3) is 0 Å². The number of carbonyl (C=O) groups is 1. The molecule has 1 aliphatic rings. The molecule has 2 N–H and O–H groups in total. The van der Waals surface area contributed by atoms with Gasteiger partial charge in [-0.05, 0) is 6.92 Å². The van der Waals surface area contributed by atoms with E-state index in [0.29, 0.717) is 13.2 Å². The molecule has 1 saturated heterocycles. The van der Waals surface area contributed by atoms with Gasteiger partial charge in [0.2, 0.25) is 5.91 Å². The van der Waals surface area contributed by atoms with Gasteiger partial charge in [0.15, 0.2) is 0 Å². The monoisotopic (exact) mass is 202 g/mol. The van der Waals surface area contributed by atoms with Gasteiger partial charge in [0.25, 0.3) is 0 Å². The lowest BCUT2D eigenvalue weighted by Gasteiger charge is -2.24. The van der Waals surface area contributed by atoms with Crippen molar-refractivity contribution < 1.29 is 14.3 Å². The van der Waals surface area contributed by atoms with Gasteiger partial charge in [-0.1, -0.05) is 0 Å². The van der Waals surface area contributed by atoms with Gasteiger partial charge in [0, 0.05) is 26.2 Å². The van der Waals surface area contributed by atoms with Crippen molar-refractivity contribution >= 4 is 5.91 Å². The number of hydrogen-bond acceptors (Lipinski definition) is 4.